The van der Waals surface area contributed by atoms with Gasteiger partial charge in [-0.15, -0.1) is 0 Å². The van der Waals surface area contributed by atoms with Crippen molar-refractivity contribution in [2.75, 3.05) is 26.8 Å². The van der Waals surface area contributed by atoms with E-state index < -0.39 is 10.0 Å². The van der Waals surface area contributed by atoms with Gasteiger partial charge in [0, 0.05) is 26.6 Å². The first kappa shape index (κ1) is 17.4. The molecule has 1 rings (SSSR count). The summed E-state index contributed by atoms with van der Waals surface area (Å²) in [6, 6.07) is 6.76. The van der Waals surface area contributed by atoms with E-state index in [1.54, 1.807) is 31.2 Å². The van der Waals surface area contributed by atoms with Crippen LogP contribution in [0.5, 0.6) is 0 Å². The number of benzene rings is 1. The zero-order valence-electron chi connectivity index (χ0n) is 12.2. The molecule has 0 saturated heterocycles. The summed E-state index contributed by atoms with van der Waals surface area (Å²) in [5, 5.41) is 11.4. The number of ether oxygens (including phenoxy) is 1. The molecule has 1 aromatic rings. The summed E-state index contributed by atoms with van der Waals surface area (Å²) in [6.07, 6.45) is 0.144. The minimum atomic E-state index is -3.65. The molecule has 0 saturated carbocycles. The maximum atomic E-state index is 12.7. The molecular formula is C13H21N3O4S. The van der Waals surface area contributed by atoms with Gasteiger partial charge in [-0.25, -0.2) is 8.42 Å². The SMILES string of the molecule is COCCN(CCC(N)=NO)S(=O)(=O)c1ccccc1C. The molecule has 21 heavy (non-hydrogen) atoms. The van der Waals surface area contributed by atoms with Crippen LogP contribution in [-0.2, 0) is 14.8 Å². The number of hydrogen-bond donors (Lipinski definition) is 2. The molecule has 0 spiro atoms. The van der Waals surface area contributed by atoms with Gasteiger partial charge in [0.2, 0.25) is 10.0 Å². The summed E-state index contributed by atoms with van der Waals surface area (Å²) in [7, 11) is -2.14. The molecule has 0 aromatic heterocycles. The van der Waals surface area contributed by atoms with Crippen molar-refractivity contribution < 1.29 is 18.4 Å². The Hall–Kier alpha value is -1.64. The number of nitrogens with two attached hydrogens (primary N) is 1. The number of methoxy groups -OCH3 is 1. The lowest BCUT2D eigenvalue weighted by atomic mass is 10.2. The van der Waals surface area contributed by atoms with Gasteiger partial charge in [-0.2, -0.15) is 4.31 Å². The molecule has 0 amide bonds. The number of aryl methyl sites for hydroxylation is 1. The summed E-state index contributed by atoms with van der Waals surface area (Å²) in [4.78, 5) is 0.251. The molecule has 0 bridgehead atoms. The minimum absolute atomic E-state index is 0.0163. The Morgan fingerprint density at radius 3 is 2.62 bits per heavy atom. The molecule has 8 heteroatoms. The van der Waals surface area contributed by atoms with Gasteiger partial charge in [-0.3, -0.25) is 0 Å². The van der Waals surface area contributed by atoms with Crippen molar-refractivity contribution in [3.63, 3.8) is 0 Å². The number of sulfonamides is 1. The Morgan fingerprint density at radius 2 is 2.05 bits per heavy atom. The normalized spacial score (nSPS) is 12.8. The van der Waals surface area contributed by atoms with Crippen LogP contribution in [0.2, 0.25) is 0 Å². The Balaban J connectivity index is 3.03. The molecule has 3 N–H and O–H groups in total. The molecule has 0 atom stereocenters. The summed E-state index contributed by atoms with van der Waals surface area (Å²) in [5.74, 6) is -0.0163. The first-order chi connectivity index (χ1) is 9.93. The Morgan fingerprint density at radius 1 is 1.38 bits per heavy atom. The quantitative estimate of drug-likeness (QED) is 0.319. The van der Waals surface area contributed by atoms with Crippen LogP contribution >= 0.6 is 0 Å². The summed E-state index contributed by atoms with van der Waals surface area (Å²) >= 11 is 0. The van der Waals surface area contributed by atoms with Gasteiger partial charge >= 0.3 is 0 Å². The molecule has 118 valence electrons. The summed E-state index contributed by atoms with van der Waals surface area (Å²) < 4.78 is 31.6. The second-order valence-corrected chi connectivity index (χ2v) is 6.41. The van der Waals surface area contributed by atoms with E-state index in [0.717, 1.165) is 0 Å². The number of oxime groups is 1. The second kappa shape index (κ2) is 7.96. The lowest BCUT2D eigenvalue weighted by Crippen LogP contribution is -2.36. The zero-order valence-corrected chi connectivity index (χ0v) is 13.0. The van der Waals surface area contributed by atoms with Crippen molar-refractivity contribution in [3.8, 4) is 0 Å². The van der Waals surface area contributed by atoms with Crippen molar-refractivity contribution in [2.45, 2.75) is 18.2 Å². The number of hydrogen-bond acceptors (Lipinski definition) is 5. The average Bonchev–Trinajstić information content (AvgIpc) is 2.46. The van der Waals surface area contributed by atoms with Crippen molar-refractivity contribution in [3.05, 3.63) is 29.8 Å². The third kappa shape index (κ3) is 4.69. The number of nitrogens with zero attached hydrogens (tertiary/aromatic N) is 2. The molecule has 1 aromatic carbocycles. The molecule has 0 radical (unpaired) electrons. The van der Waals surface area contributed by atoms with Gasteiger partial charge in [0.15, 0.2) is 0 Å². The molecule has 0 aliphatic rings. The first-order valence-electron chi connectivity index (χ1n) is 6.44. The third-order valence-corrected chi connectivity index (χ3v) is 5.06. The Kier molecular flexibility index (Phi) is 6.60. The second-order valence-electron chi connectivity index (χ2n) is 4.50. The van der Waals surface area contributed by atoms with E-state index in [-0.39, 0.29) is 36.8 Å². The average molecular weight is 315 g/mol. The van der Waals surface area contributed by atoms with Gasteiger partial charge in [-0.1, -0.05) is 23.4 Å². The number of amidine groups is 1. The van der Waals surface area contributed by atoms with Crippen molar-refractivity contribution >= 4 is 15.9 Å². The minimum Gasteiger partial charge on any atom is -0.409 e. The fourth-order valence-corrected chi connectivity index (χ4v) is 3.47. The fraction of sp³-hybridized carbons (Fsp3) is 0.462. The largest absolute Gasteiger partial charge is 0.409 e. The third-order valence-electron chi connectivity index (χ3n) is 3.00. The van der Waals surface area contributed by atoms with Crippen LogP contribution in [-0.4, -0.2) is 50.6 Å². The maximum Gasteiger partial charge on any atom is 0.243 e. The standard InChI is InChI=1S/C13H21N3O4S/c1-11-5-3-4-6-12(11)21(18,19)16(9-10-20-2)8-7-13(14)15-17/h3-6,17H,7-10H2,1-2H3,(H2,14,15). The predicted molar refractivity (Wildman–Crippen MR) is 79.8 cm³/mol. The lowest BCUT2D eigenvalue weighted by Gasteiger charge is -2.22. The molecule has 0 aliphatic carbocycles. The van der Waals surface area contributed by atoms with Crippen molar-refractivity contribution in [2.24, 2.45) is 10.9 Å². The van der Waals surface area contributed by atoms with E-state index >= 15 is 0 Å². The highest BCUT2D eigenvalue weighted by atomic mass is 32.2. The summed E-state index contributed by atoms with van der Waals surface area (Å²) in [6.45, 7) is 2.33. The van der Waals surface area contributed by atoms with Crippen LogP contribution < -0.4 is 5.73 Å². The highest BCUT2D eigenvalue weighted by Crippen LogP contribution is 2.19. The van der Waals surface area contributed by atoms with Gasteiger partial charge in [-0.05, 0) is 18.6 Å². The van der Waals surface area contributed by atoms with E-state index in [0.29, 0.717) is 5.56 Å². The van der Waals surface area contributed by atoms with Crippen LogP contribution in [0.3, 0.4) is 0 Å². The van der Waals surface area contributed by atoms with Gasteiger partial charge in [0.05, 0.1) is 11.5 Å². The topological polar surface area (TPSA) is 105 Å². The predicted octanol–water partition coefficient (Wildman–Crippen LogP) is 0.769. The fourth-order valence-electron chi connectivity index (χ4n) is 1.82. The van der Waals surface area contributed by atoms with Crippen LogP contribution in [0.4, 0.5) is 0 Å². The smallest absolute Gasteiger partial charge is 0.243 e. The highest BCUT2D eigenvalue weighted by Gasteiger charge is 2.25. The van der Waals surface area contributed by atoms with Gasteiger partial charge < -0.3 is 15.7 Å². The molecule has 0 aliphatic heterocycles. The molecular weight excluding hydrogens is 294 g/mol. The van der Waals surface area contributed by atoms with Crippen LogP contribution in [0.25, 0.3) is 0 Å². The van der Waals surface area contributed by atoms with E-state index in [4.69, 9.17) is 15.7 Å². The van der Waals surface area contributed by atoms with E-state index in [9.17, 15) is 8.42 Å². The maximum absolute atomic E-state index is 12.7. The zero-order chi connectivity index (χ0) is 15.9. The Labute approximate surface area is 125 Å². The molecule has 0 heterocycles. The van der Waals surface area contributed by atoms with Crippen LogP contribution in [0.1, 0.15) is 12.0 Å². The van der Waals surface area contributed by atoms with Gasteiger partial charge in [0.1, 0.15) is 5.84 Å². The lowest BCUT2D eigenvalue weighted by molar-refractivity contribution is 0.179. The van der Waals surface area contributed by atoms with E-state index in [1.165, 1.54) is 11.4 Å². The first-order valence-corrected chi connectivity index (χ1v) is 7.88. The van der Waals surface area contributed by atoms with Crippen LogP contribution in [0, 0.1) is 6.92 Å². The molecule has 0 unspecified atom stereocenters. The van der Waals surface area contributed by atoms with Gasteiger partial charge in [0.25, 0.3) is 0 Å². The van der Waals surface area contributed by atoms with Crippen molar-refractivity contribution in [1.82, 2.24) is 4.31 Å². The monoisotopic (exact) mass is 315 g/mol. The van der Waals surface area contributed by atoms with Crippen molar-refractivity contribution in [1.29, 1.82) is 0 Å². The van der Waals surface area contributed by atoms with E-state index in [2.05, 4.69) is 5.16 Å². The molecule has 0 fully saturated rings. The molecule has 7 nitrogen and oxygen atoms in total. The number of rotatable bonds is 8. The summed E-state index contributed by atoms with van der Waals surface area (Å²) in [5.41, 5.74) is 6.08. The van der Waals surface area contributed by atoms with Crippen LogP contribution in [0.15, 0.2) is 34.3 Å². The van der Waals surface area contributed by atoms with E-state index in [1.807, 2.05) is 0 Å². The highest BCUT2D eigenvalue weighted by molar-refractivity contribution is 7.89. The Bertz CT molecular complexity index is 587.